The van der Waals surface area contributed by atoms with Crippen LogP contribution >= 0.6 is 22.9 Å². The molecule has 4 nitrogen and oxygen atoms in total. The number of aliphatic hydroxyl groups excluding tert-OH is 1. The lowest BCUT2D eigenvalue weighted by Crippen LogP contribution is -2.27. The molecule has 0 aromatic carbocycles. The van der Waals surface area contributed by atoms with E-state index in [4.69, 9.17) is 11.6 Å². The zero-order valence-corrected chi connectivity index (χ0v) is 13.8. The van der Waals surface area contributed by atoms with E-state index in [2.05, 4.69) is 5.32 Å². The molecule has 1 unspecified atom stereocenters. The highest BCUT2D eigenvalue weighted by atomic mass is 35.5. The van der Waals surface area contributed by atoms with Crippen molar-refractivity contribution in [1.82, 2.24) is 5.32 Å². The number of hydrogen-bond acceptors (Lipinski definition) is 4. The van der Waals surface area contributed by atoms with Gasteiger partial charge in [-0.15, -0.1) is 11.3 Å². The fourth-order valence-electron chi connectivity index (χ4n) is 1.92. The number of rotatable bonds is 10. The van der Waals surface area contributed by atoms with E-state index in [1.165, 1.54) is 11.3 Å². The summed E-state index contributed by atoms with van der Waals surface area (Å²) in [6.07, 6.45) is 4.01. The van der Waals surface area contributed by atoms with E-state index in [1.54, 1.807) is 19.1 Å². The molecule has 1 amide bonds. The van der Waals surface area contributed by atoms with Gasteiger partial charge in [-0.05, 0) is 31.9 Å². The number of hydrogen-bond donors (Lipinski definition) is 2. The topological polar surface area (TPSA) is 66.4 Å². The van der Waals surface area contributed by atoms with Crippen molar-refractivity contribution < 1.29 is 14.7 Å². The second-order valence-electron chi connectivity index (χ2n) is 5.08. The molecule has 0 spiro atoms. The molecule has 6 heteroatoms. The number of nitrogens with one attached hydrogen (secondary N) is 1. The average Bonchev–Trinajstić information content (AvgIpc) is 2.86. The lowest BCUT2D eigenvalue weighted by Gasteiger charge is -2.10. The molecule has 1 heterocycles. The molecule has 0 saturated carbocycles. The molecule has 2 N–H and O–H groups in total. The summed E-state index contributed by atoms with van der Waals surface area (Å²) in [6, 6.07) is 3.49. The van der Waals surface area contributed by atoms with Crippen LogP contribution in [-0.2, 0) is 9.59 Å². The smallest absolute Gasteiger partial charge is 0.220 e. The quantitative estimate of drug-likeness (QED) is 0.645. The molecular weight excluding hydrogens is 310 g/mol. The molecular formula is C15H22ClNO3S. The SMILES string of the molecule is CC(=O)CCCCCCC(=O)NCC(O)c1ccc(Cl)s1. The minimum absolute atomic E-state index is 0.0525. The molecule has 0 bridgehead atoms. The summed E-state index contributed by atoms with van der Waals surface area (Å²) >= 11 is 7.11. The minimum Gasteiger partial charge on any atom is -0.386 e. The van der Waals surface area contributed by atoms with Crippen LogP contribution in [0.5, 0.6) is 0 Å². The predicted octanol–water partition coefficient (Wildman–Crippen LogP) is 3.48. The van der Waals surface area contributed by atoms with E-state index < -0.39 is 6.10 Å². The van der Waals surface area contributed by atoms with Crippen molar-refractivity contribution in [2.45, 2.75) is 51.6 Å². The van der Waals surface area contributed by atoms with Gasteiger partial charge < -0.3 is 15.2 Å². The summed E-state index contributed by atoms with van der Waals surface area (Å²) in [7, 11) is 0. The van der Waals surface area contributed by atoms with Crippen molar-refractivity contribution in [3.63, 3.8) is 0 Å². The molecule has 0 saturated heterocycles. The van der Waals surface area contributed by atoms with Gasteiger partial charge in [-0.2, -0.15) is 0 Å². The fourth-order valence-corrected chi connectivity index (χ4v) is 2.97. The maximum absolute atomic E-state index is 11.6. The number of aliphatic hydroxyl groups is 1. The Bertz CT molecular complexity index is 462. The summed E-state index contributed by atoms with van der Waals surface area (Å²) in [5.41, 5.74) is 0. The van der Waals surface area contributed by atoms with Crippen LogP contribution < -0.4 is 5.32 Å². The first kappa shape index (κ1) is 18.1. The maximum Gasteiger partial charge on any atom is 0.220 e. The number of unbranched alkanes of at least 4 members (excludes halogenated alkanes) is 3. The van der Waals surface area contributed by atoms with Gasteiger partial charge in [-0.3, -0.25) is 4.79 Å². The van der Waals surface area contributed by atoms with E-state index >= 15 is 0 Å². The Morgan fingerprint density at radius 3 is 2.48 bits per heavy atom. The van der Waals surface area contributed by atoms with E-state index in [9.17, 15) is 14.7 Å². The Hall–Kier alpha value is -0.910. The lowest BCUT2D eigenvalue weighted by atomic mass is 10.1. The van der Waals surface area contributed by atoms with Crippen LogP contribution in [0, 0.1) is 0 Å². The number of thiophene rings is 1. The number of ketones is 1. The van der Waals surface area contributed by atoms with Gasteiger partial charge in [0.15, 0.2) is 0 Å². The standard InChI is InChI=1S/C15H22ClNO3S/c1-11(18)6-4-2-3-5-7-15(20)17-10-12(19)13-8-9-14(16)21-13/h8-9,12,19H,2-7,10H2,1H3,(H,17,20). The maximum atomic E-state index is 11.6. The van der Waals surface area contributed by atoms with Crippen LogP contribution in [0.1, 0.15) is 56.4 Å². The van der Waals surface area contributed by atoms with Crippen molar-refractivity contribution in [3.8, 4) is 0 Å². The number of carbonyl (C=O) groups excluding carboxylic acids is 2. The van der Waals surface area contributed by atoms with Gasteiger partial charge in [0, 0.05) is 24.3 Å². The minimum atomic E-state index is -0.706. The monoisotopic (exact) mass is 331 g/mol. The van der Waals surface area contributed by atoms with Gasteiger partial charge >= 0.3 is 0 Å². The Morgan fingerprint density at radius 2 is 1.90 bits per heavy atom. The first-order chi connectivity index (χ1) is 9.99. The number of carbonyl (C=O) groups is 2. The van der Waals surface area contributed by atoms with Crippen LogP contribution in [-0.4, -0.2) is 23.3 Å². The highest BCUT2D eigenvalue weighted by Gasteiger charge is 2.11. The van der Waals surface area contributed by atoms with Gasteiger partial charge in [-0.1, -0.05) is 24.4 Å². The summed E-state index contributed by atoms with van der Waals surface area (Å²) in [5, 5.41) is 12.6. The zero-order chi connectivity index (χ0) is 15.7. The van der Waals surface area contributed by atoms with E-state index in [0.717, 1.165) is 30.6 Å². The van der Waals surface area contributed by atoms with E-state index in [-0.39, 0.29) is 18.2 Å². The van der Waals surface area contributed by atoms with Gasteiger partial charge in [0.2, 0.25) is 5.91 Å². The number of amides is 1. The molecule has 1 aromatic heterocycles. The molecule has 1 atom stereocenters. The van der Waals surface area contributed by atoms with Crippen LogP contribution in [0.15, 0.2) is 12.1 Å². The zero-order valence-electron chi connectivity index (χ0n) is 12.2. The molecule has 1 rings (SSSR count). The summed E-state index contributed by atoms with van der Waals surface area (Å²) in [5.74, 6) is 0.165. The fraction of sp³-hybridized carbons (Fsp3) is 0.600. The number of Topliss-reactive ketones (excluding diaryl/α,β-unsaturated/α-hetero) is 1. The number of halogens is 1. The molecule has 1 aromatic rings. The molecule has 0 radical (unpaired) electrons. The highest BCUT2D eigenvalue weighted by Crippen LogP contribution is 2.26. The van der Waals surface area contributed by atoms with Crippen LogP contribution in [0.25, 0.3) is 0 Å². The lowest BCUT2D eigenvalue weighted by molar-refractivity contribution is -0.121. The van der Waals surface area contributed by atoms with Gasteiger partial charge in [-0.25, -0.2) is 0 Å². The van der Waals surface area contributed by atoms with Crippen molar-refractivity contribution in [1.29, 1.82) is 0 Å². The van der Waals surface area contributed by atoms with Crippen molar-refractivity contribution in [3.05, 3.63) is 21.3 Å². The van der Waals surface area contributed by atoms with Crippen molar-refractivity contribution >= 4 is 34.6 Å². The summed E-state index contributed by atoms with van der Waals surface area (Å²) in [6.45, 7) is 1.81. The first-order valence-corrected chi connectivity index (χ1v) is 8.38. The van der Waals surface area contributed by atoms with E-state index in [1.807, 2.05) is 0 Å². The Morgan fingerprint density at radius 1 is 1.24 bits per heavy atom. The first-order valence-electron chi connectivity index (χ1n) is 7.18. The molecule has 0 fully saturated rings. The molecule has 21 heavy (non-hydrogen) atoms. The normalized spacial score (nSPS) is 12.1. The molecule has 0 aliphatic carbocycles. The Balaban J connectivity index is 2.07. The van der Waals surface area contributed by atoms with Crippen LogP contribution in [0.3, 0.4) is 0 Å². The highest BCUT2D eigenvalue weighted by molar-refractivity contribution is 7.16. The Labute approximate surface area is 134 Å². The van der Waals surface area contributed by atoms with Crippen LogP contribution in [0.4, 0.5) is 0 Å². The average molecular weight is 332 g/mol. The third-order valence-corrected chi connectivity index (χ3v) is 4.43. The Kier molecular flexibility index (Phi) is 8.57. The third kappa shape index (κ3) is 8.19. The van der Waals surface area contributed by atoms with Gasteiger partial charge in [0.25, 0.3) is 0 Å². The second-order valence-corrected chi connectivity index (χ2v) is 6.82. The summed E-state index contributed by atoms with van der Waals surface area (Å²) in [4.78, 5) is 23.1. The van der Waals surface area contributed by atoms with Gasteiger partial charge in [0.1, 0.15) is 11.9 Å². The van der Waals surface area contributed by atoms with Gasteiger partial charge in [0.05, 0.1) is 4.34 Å². The van der Waals surface area contributed by atoms with Crippen molar-refractivity contribution in [2.75, 3.05) is 6.54 Å². The van der Waals surface area contributed by atoms with Crippen LogP contribution in [0.2, 0.25) is 4.34 Å². The van der Waals surface area contributed by atoms with Crippen molar-refractivity contribution in [2.24, 2.45) is 0 Å². The third-order valence-electron chi connectivity index (χ3n) is 3.10. The second kappa shape index (κ2) is 9.92. The molecule has 0 aliphatic rings. The van der Waals surface area contributed by atoms with E-state index in [0.29, 0.717) is 17.2 Å². The molecule has 118 valence electrons. The summed E-state index contributed by atoms with van der Waals surface area (Å²) < 4.78 is 0.626. The predicted molar refractivity (Wildman–Crippen MR) is 85.7 cm³/mol. The largest absolute Gasteiger partial charge is 0.386 e. The molecule has 0 aliphatic heterocycles.